The van der Waals surface area contributed by atoms with Crippen LogP contribution in [0.2, 0.25) is 0 Å². The van der Waals surface area contributed by atoms with Crippen molar-refractivity contribution < 1.29 is 19.2 Å². The molecular weight excluding hydrogens is 623 g/mol. The van der Waals surface area contributed by atoms with Crippen molar-refractivity contribution in [2.45, 2.75) is 76.9 Å². The third-order valence-corrected chi connectivity index (χ3v) is 10.0. The fraction of sp³-hybridized carbons (Fsp3) is 0.515. The second kappa shape index (κ2) is 16.2. The lowest BCUT2D eigenvalue weighted by atomic mass is 10.0. The molecule has 2 aromatic heterocycles. The van der Waals surface area contributed by atoms with Crippen molar-refractivity contribution in [3.8, 4) is 0 Å². The van der Waals surface area contributed by atoms with Crippen molar-refractivity contribution in [1.82, 2.24) is 36.1 Å². The fourth-order valence-electron chi connectivity index (χ4n) is 5.79. The van der Waals surface area contributed by atoms with E-state index in [-0.39, 0.29) is 47.8 Å². The van der Waals surface area contributed by atoms with Crippen LogP contribution in [0.25, 0.3) is 0 Å². The van der Waals surface area contributed by atoms with Gasteiger partial charge in [0.25, 0.3) is 11.8 Å². The van der Waals surface area contributed by atoms with Crippen LogP contribution in [0, 0.1) is 5.92 Å². The van der Waals surface area contributed by atoms with Gasteiger partial charge < -0.3 is 26.2 Å². The third-order valence-electron chi connectivity index (χ3n) is 8.13. The summed E-state index contributed by atoms with van der Waals surface area (Å²) in [6, 6.07) is 8.80. The van der Waals surface area contributed by atoms with Gasteiger partial charge in [0, 0.05) is 36.8 Å². The highest BCUT2D eigenvalue weighted by Crippen LogP contribution is 2.27. The molecule has 13 heteroatoms. The van der Waals surface area contributed by atoms with Gasteiger partial charge in [-0.15, -0.1) is 22.7 Å². The molecule has 0 spiro atoms. The Hall–Kier alpha value is -3.68. The molecule has 46 heavy (non-hydrogen) atoms. The molecule has 0 saturated carbocycles. The van der Waals surface area contributed by atoms with Crippen molar-refractivity contribution >= 4 is 46.3 Å². The summed E-state index contributed by atoms with van der Waals surface area (Å²) in [5.41, 5.74) is 1.58. The minimum absolute atomic E-state index is 0.0430. The molecule has 2 aliphatic rings. The number of rotatable bonds is 5. The van der Waals surface area contributed by atoms with E-state index in [4.69, 9.17) is 0 Å². The summed E-state index contributed by atoms with van der Waals surface area (Å²) in [5, 5.41) is 17.2. The number of hydrogen-bond donors (Lipinski definition) is 4. The summed E-state index contributed by atoms with van der Waals surface area (Å²) in [6.07, 6.45) is 4.28. The minimum atomic E-state index is -0.476. The van der Waals surface area contributed by atoms with Crippen LogP contribution in [0.4, 0.5) is 0 Å². The summed E-state index contributed by atoms with van der Waals surface area (Å²) in [6.45, 7) is 6.30. The second-order valence-corrected chi connectivity index (χ2v) is 14.1. The average Bonchev–Trinajstić information content (AvgIpc) is 3.83. The van der Waals surface area contributed by atoms with Gasteiger partial charge in [-0.25, -0.2) is 9.97 Å². The predicted molar refractivity (Wildman–Crippen MR) is 179 cm³/mol. The first-order chi connectivity index (χ1) is 22.3. The van der Waals surface area contributed by atoms with Crippen molar-refractivity contribution in [3.05, 3.63) is 68.1 Å². The van der Waals surface area contributed by atoms with Crippen molar-refractivity contribution in [3.63, 3.8) is 0 Å². The quantitative estimate of drug-likeness (QED) is 0.322. The van der Waals surface area contributed by atoms with E-state index in [2.05, 4.69) is 45.1 Å². The van der Waals surface area contributed by atoms with Crippen LogP contribution in [-0.2, 0) is 16.0 Å². The van der Waals surface area contributed by atoms with Gasteiger partial charge in [0.2, 0.25) is 11.8 Å². The van der Waals surface area contributed by atoms with Gasteiger partial charge in [-0.1, -0.05) is 44.2 Å². The van der Waals surface area contributed by atoms with Crippen LogP contribution in [0.15, 0.2) is 41.1 Å². The molecule has 246 valence electrons. The van der Waals surface area contributed by atoms with E-state index in [9.17, 15) is 19.2 Å². The number of thiazole rings is 2. The Bertz CT molecular complexity index is 1490. The van der Waals surface area contributed by atoms with Gasteiger partial charge in [0.1, 0.15) is 21.4 Å². The summed E-state index contributed by atoms with van der Waals surface area (Å²) < 4.78 is 0. The lowest BCUT2D eigenvalue weighted by Crippen LogP contribution is -2.45. The maximum atomic E-state index is 13.5. The molecule has 5 rings (SSSR count). The Morgan fingerprint density at radius 3 is 2.28 bits per heavy atom. The average molecular weight is 666 g/mol. The van der Waals surface area contributed by atoms with E-state index in [0.29, 0.717) is 66.9 Å². The molecule has 1 aromatic carbocycles. The molecular formula is C33H43N7O4S2. The first-order valence-electron chi connectivity index (χ1n) is 16.1. The Balaban J connectivity index is 1.40. The lowest BCUT2D eigenvalue weighted by Gasteiger charge is -2.26. The maximum absolute atomic E-state index is 13.5. The lowest BCUT2D eigenvalue weighted by molar-refractivity contribution is -0.133. The zero-order valence-electron chi connectivity index (χ0n) is 26.4. The van der Waals surface area contributed by atoms with Gasteiger partial charge in [-0.3, -0.25) is 19.2 Å². The van der Waals surface area contributed by atoms with Gasteiger partial charge >= 0.3 is 0 Å². The number of benzene rings is 1. The smallest absolute Gasteiger partial charge is 0.271 e. The fourth-order valence-corrected chi connectivity index (χ4v) is 7.50. The van der Waals surface area contributed by atoms with Crippen LogP contribution in [0.1, 0.15) is 101 Å². The van der Waals surface area contributed by atoms with E-state index in [1.807, 2.05) is 35.2 Å². The first kappa shape index (κ1) is 33.7. The van der Waals surface area contributed by atoms with Crippen LogP contribution in [-0.4, -0.2) is 70.7 Å². The Labute approximate surface area is 278 Å². The van der Waals surface area contributed by atoms with Gasteiger partial charge in [0.15, 0.2) is 0 Å². The second-order valence-electron chi connectivity index (χ2n) is 12.3. The maximum Gasteiger partial charge on any atom is 0.271 e. The van der Waals surface area contributed by atoms with E-state index in [1.54, 1.807) is 10.8 Å². The topological polar surface area (TPSA) is 145 Å². The number of nitrogens with one attached hydrogen (secondary N) is 4. The number of carbonyl (C=O) groups is 4. The number of aromatic nitrogens is 2. The van der Waals surface area contributed by atoms with Crippen LogP contribution in [0.5, 0.6) is 0 Å². The summed E-state index contributed by atoms with van der Waals surface area (Å²) >= 11 is 2.68. The van der Waals surface area contributed by atoms with Gasteiger partial charge in [0.05, 0.1) is 18.1 Å². The van der Waals surface area contributed by atoms with Crippen molar-refractivity contribution in [1.29, 1.82) is 0 Å². The summed E-state index contributed by atoms with van der Waals surface area (Å²) in [7, 11) is 0. The highest BCUT2D eigenvalue weighted by molar-refractivity contribution is 7.10. The van der Waals surface area contributed by atoms with E-state index < -0.39 is 6.04 Å². The normalized spacial score (nSPS) is 22.1. The Kier molecular flexibility index (Phi) is 11.9. The highest BCUT2D eigenvalue weighted by atomic mass is 32.1. The molecule has 4 N–H and O–H groups in total. The van der Waals surface area contributed by atoms with Gasteiger partial charge in [-0.05, 0) is 56.6 Å². The molecule has 1 fully saturated rings. The molecule has 0 unspecified atom stereocenters. The SMILES string of the molecule is CC(C)C[C@@H]1NC(=O)CCCN(C(=O)[C@@H]2CCCN2)CCCNC(=O)c2csc(n2)[C@H](Cc2ccccc2)NC(=O)c2csc1n2. The van der Waals surface area contributed by atoms with Crippen molar-refractivity contribution in [2.24, 2.45) is 5.92 Å². The molecule has 1 saturated heterocycles. The van der Waals surface area contributed by atoms with Gasteiger partial charge in [-0.2, -0.15) is 0 Å². The van der Waals surface area contributed by atoms with Crippen LogP contribution < -0.4 is 21.3 Å². The number of nitrogens with zero attached hydrogens (tertiary/aromatic N) is 3. The minimum Gasteiger partial charge on any atom is -0.351 e. The van der Waals surface area contributed by atoms with E-state index >= 15 is 0 Å². The number of carbonyl (C=O) groups excluding carboxylic acids is 4. The third kappa shape index (κ3) is 9.20. The molecule has 4 amide bonds. The first-order valence-corrected chi connectivity index (χ1v) is 17.9. The molecule has 2 aliphatic heterocycles. The van der Waals surface area contributed by atoms with E-state index in [0.717, 1.165) is 24.9 Å². The Morgan fingerprint density at radius 1 is 0.891 bits per heavy atom. The molecule has 4 bridgehead atoms. The number of hydrogen-bond acceptors (Lipinski definition) is 9. The van der Waals surface area contributed by atoms with Crippen LogP contribution >= 0.6 is 22.7 Å². The Morgan fingerprint density at radius 2 is 1.59 bits per heavy atom. The zero-order chi connectivity index (χ0) is 32.5. The molecule has 3 atom stereocenters. The molecule has 0 aliphatic carbocycles. The van der Waals surface area contributed by atoms with Crippen LogP contribution in [0.3, 0.4) is 0 Å². The summed E-state index contributed by atoms with van der Waals surface area (Å²) in [4.78, 5) is 64.1. The van der Waals surface area contributed by atoms with Crippen molar-refractivity contribution in [2.75, 3.05) is 26.2 Å². The van der Waals surface area contributed by atoms with E-state index in [1.165, 1.54) is 22.7 Å². The highest BCUT2D eigenvalue weighted by Gasteiger charge is 2.28. The molecule has 11 nitrogen and oxygen atoms in total. The molecule has 4 heterocycles. The predicted octanol–water partition coefficient (Wildman–Crippen LogP) is 4.01. The monoisotopic (exact) mass is 665 g/mol. The number of fused-ring (bicyclic) bond motifs is 4. The molecule has 0 radical (unpaired) electrons. The standard InChI is InChI=1S/C33H43N7O4S2/c1-21(2)17-24-31-39-27(20-46-31)30(43)37-25(18-22-9-4-3-5-10-22)32-38-26(19-45-32)29(42)35-14-8-16-40(15-7-12-28(41)36-24)33(44)23-11-6-13-34-23/h3-5,9-10,19-21,23-25,34H,6-8,11-18H2,1-2H3,(H,35,42)(H,36,41)(H,37,43)/t23-,24-,25-/m0/s1. The molecule has 3 aromatic rings. The number of amides is 4. The largest absolute Gasteiger partial charge is 0.351 e. The zero-order valence-corrected chi connectivity index (χ0v) is 28.1. The summed E-state index contributed by atoms with van der Waals surface area (Å²) in [5.74, 6) is -0.420.